The zero-order valence-electron chi connectivity index (χ0n) is 11.4. The summed E-state index contributed by atoms with van der Waals surface area (Å²) in [5.41, 5.74) is 3.37. The highest BCUT2D eigenvalue weighted by Crippen LogP contribution is 2.25. The standard InChI is InChI=1S/C14H14FN5S/c1-20(10-4-2-3-9(15)7-10)8-12-17-13(19-16)11-5-6-21-14(11)18-12/h2-7H,8,16H2,1H3,(H,17,18,19). The number of hydrogen-bond donors (Lipinski definition) is 2. The minimum absolute atomic E-state index is 0.265. The largest absolute Gasteiger partial charge is 0.367 e. The molecule has 5 nitrogen and oxygen atoms in total. The molecule has 0 amide bonds. The van der Waals surface area contributed by atoms with E-state index < -0.39 is 0 Å². The van der Waals surface area contributed by atoms with Crippen LogP contribution in [0.5, 0.6) is 0 Å². The Morgan fingerprint density at radius 3 is 2.95 bits per heavy atom. The molecule has 3 aromatic rings. The number of halogens is 1. The Balaban J connectivity index is 1.90. The first-order chi connectivity index (χ1) is 10.2. The second-order valence-electron chi connectivity index (χ2n) is 4.61. The Morgan fingerprint density at radius 1 is 1.33 bits per heavy atom. The number of hydrazine groups is 1. The van der Waals surface area contributed by atoms with Crippen molar-refractivity contribution in [2.24, 2.45) is 5.84 Å². The molecule has 0 fully saturated rings. The van der Waals surface area contributed by atoms with Gasteiger partial charge in [-0.2, -0.15) is 0 Å². The van der Waals surface area contributed by atoms with Gasteiger partial charge in [0.2, 0.25) is 0 Å². The molecule has 1 aromatic carbocycles. The highest BCUT2D eigenvalue weighted by atomic mass is 32.1. The van der Waals surface area contributed by atoms with Gasteiger partial charge in [-0.25, -0.2) is 20.2 Å². The maximum atomic E-state index is 13.3. The van der Waals surface area contributed by atoms with E-state index in [2.05, 4.69) is 15.4 Å². The van der Waals surface area contributed by atoms with Crippen molar-refractivity contribution in [1.29, 1.82) is 0 Å². The minimum atomic E-state index is -0.265. The number of benzene rings is 1. The van der Waals surface area contributed by atoms with Gasteiger partial charge in [-0.15, -0.1) is 11.3 Å². The van der Waals surface area contributed by atoms with Crippen LogP contribution in [0, 0.1) is 5.82 Å². The van der Waals surface area contributed by atoms with Gasteiger partial charge in [0, 0.05) is 12.7 Å². The third-order valence-electron chi connectivity index (χ3n) is 3.14. The van der Waals surface area contributed by atoms with Crippen molar-refractivity contribution in [3.8, 4) is 0 Å². The lowest BCUT2D eigenvalue weighted by molar-refractivity contribution is 0.627. The number of nitrogens with zero attached hydrogens (tertiary/aromatic N) is 3. The molecule has 0 saturated heterocycles. The van der Waals surface area contributed by atoms with Crippen molar-refractivity contribution >= 4 is 33.1 Å². The summed E-state index contributed by atoms with van der Waals surface area (Å²) >= 11 is 1.53. The van der Waals surface area contributed by atoms with Crippen LogP contribution in [0.2, 0.25) is 0 Å². The zero-order valence-corrected chi connectivity index (χ0v) is 12.2. The van der Waals surface area contributed by atoms with Crippen molar-refractivity contribution < 1.29 is 4.39 Å². The van der Waals surface area contributed by atoms with E-state index in [0.717, 1.165) is 15.9 Å². The van der Waals surface area contributed by atoms with Crippen molar-refractivity contribution in [3.63, 3.8) is 0 Å². The van der Waals surface area contributed by atoms with Gasteiger partial charge in [0.25, 0.3) is 0 Å². The van der Waals surface area contributed by atoms with Crippen molar-refractivity contribution in [1.82, 2.24) is 9.97 Å². The molecule has 7 heteroatoms. The summed E-state index contributed by atoms with van der Waals surface area (Å²) in [6.45, 7) is 0.464. The van der Waals surface area contributed by atoms with E-state index in [-0.39, 0.29) is 5.82 Å². The van der Waals surface area contributed by atoms with Crippen molar-refractivity contribution in [2.75, 3.05) is 17.4 Å². The third kappa shape index (κ3) is 2.79. The van der Waals surface area contributed by atoms with Gasteiger partial charge < -0.3 is 10.3 Å². The fraction of sp³-hybridized carbons (Fsp3) is 0.143. The van der Waals surface area contributed by atoms with Crippen LogP contribution in [-0.2, 0) is 6.54 Å². The lowest BCUT2D eigenvalue weighted by Gasteiger charge is -2.18. The number of nitrogen functional groups attached to an aromatic ring is 1. The maximum Gasteiger partial charge on any atom is 0.152 e. The average Bonchev–Trinajstić information content (AvgIpc) is 2.94. The van der Waals surface area contributed by atoms with E-state index in [1.807, 2.05) is 29.5 Å². The number of thiophene rings is 1. The second-order valence-corrected chi connectivity index (χ2v) is 5.50. The highest BCUT2D eigenvalue weighted by molar-refractivity contribution is 7.16. The molecule has 2 heterocycles. The predicted octanol–water partition coefficient (Wildman–Crippen LogP) is 2.75. The first-order valence-electron chi connectivity index (χ1n) is 6.35. The summed E-state index contributed by atoms with van der Waals surface area (Å²) in [5.74, 6) is 6.47. The van der Waals surface area contributed by atoms with E-state index >= 15 is 0 Å². The average molecular weight is 303 g/mol. The lowest BCUT2D eigenvalue weighted by atomic mass is 10.3. The second kappa shape index (κ2) is 5.63. The fourth-order valence-electron chi connectivity index (χ4n) is 2.10. The summed E-state index contributed by atoms with van der Waals surface area (Å²) in [5, 5.41) is 2.85. The van der Waals surface area contributed by atoms with Crippen LogP contribution in [0.4, 0.5) is 15.9 Å². The summed E-state index contributed by atoms with van der Waals surface area (Å²) < 4.78 is 13.3. The van der Waals surface area contributed by atoms with Gasteiger partial charge in [-0.05, 0) is 29.6 Å². The molecule has 0 saturated carbocycles. The quantitative estimate of drug-likeness (QED) is 0.573. The highest BCUT2D eigenvalue weighted by Gasteiger charge is 2.10. The molecule has 0 atom stereocenters. The van der Waals surface area contributed by atoms with E-state index in [4.69, 9.17) is 5.84 Å². The maximum absolute atomic E-state index is 13.3. The van der Waals surface area contributed by atoms with E-state index in [1.54, 1.807) is 6.07 Å². The molecule has 0 aliphatic heterocycles. The van der Waals surface area contributed by atoms with Crippen LogP contribution in [-0.4, -0.2) is 17.0 Å². The number of nitrogens with two attached hydrogens (primary N) is 1. The van der Waals surface area contributed by atoms with Crippen molar-refractivity contribution in [3.05, 3.63) is 47.4 Å². The molecule has 0 aliphatic rings. The third-order valence-corrected chi connectivity index (χ3v) is 3.94. The Hall–Kier alpha value is -2.25. The first-order valence-corrected chi connectivity index (χ1v) is 7.23. The zero-order chi connectivity index (χ0) is 14.8. The van der Waals surface area contributed by atoms with Gasteiger partial charge in [0.05, 0.1) is 11.9 Å². The minimum Gasteiger partial charge on any atom is -0.367 e. The number of nitrogens with one attached hydrogen (secondary N) is 1. The molecular weight excluding hydrogens is 289 g/mol. The van der Waals surface area contributed by atoms with Crippen LogP contribution < -0.4 is 16.2 Å². The van der Waals surface area contributed by atoms with Crippen LogP contribution in [0.25, 0.3) is 10.2 Å². The number of rotatable bonds is 4. The molecule has 108 valence electrons. The lowest BCUT2D eigenvalue weighted by Crippen LogP contribution is -2.19. The summed E-state index contributed by atoms with van der Waals surface area (Å²) in [6, 6.07) is 8.34. The van der Waals surface area contributed by atoms with Crippen LogP contribution >= 0.6 is 11.3 Å². The molecule has 0 aliphatic carbocycles. The molecular formula is C14H14FN5S. The molecule has 2 aromatic heterocycles. The Morgan fingerprint density at radius 2 is 2.19 bits per heavy atom. The smallest absolute Gasteiger partial charge is 0.152 e. The van der Waals surface area contributed by atoms with E-state index in [0.29, 0.717) is 18.2 Å². The summed E-state index contributed by atoms with van der Waals surface area (Å²) in [7, 11) is 1.87. The number of hydrogen-bond acceptors (Lipinski definition) is 6. The molecule has 3 N–H and O–H groups in total. The number of aromatic nitrogens is 2. The van der Waals surface area contributed by atoms with Crippen LogP contribution in [0.3, 0.4) is 0 Å². The van der Waals surface area contributed by atoms with Gasteiger partial charge in [-0.1, -0.05) is 6.07 Å². The molecule has 0 unspecified atom stereocenters. The molecule has 0 bridgehead atoms. The monoisotopic (exact) mass is 303 g/mol. The van der Waals surface area contributed by atoms with E-state index in [9.17, 15) is 4.39 Å². The van der Waals surface area contributed by atoms with Gasteiger partial charge in [0.1, 0.15) is 10.6 Å². The van der Waals surface area contributed by atoms with Gasteiger partial charge in [-0.3, -0.25) is 0 Å². The van der Waals surface area contributed by atoms with Gasteiger partial charge in [0.15, 0.2) is 11.6 Å². The molecule has 0 radical (unpaired) electrons. The Bertz CT molecular complexity index is 773. The fourth-order valence-corrected chi connectivity index (χ4v) is 2.88. The van der Waals surface area contributed by atoms with Crippen molar-refractivity contribution in [2.45, 2.75) is 6.54 Å². The topological polar surface area (TPSA) is 67.1 Å². The number of fused-ring (bicyclic) bond motifs is 1. The Labute approximate surface area is 125 Å². The van der Waals surface area contributed by atoms with Gasteiger partial charge >= 0.3 is 0 Å². The summed E-state index contributed by atoms with van der Waals surface area (Å²) in [6.07, 6.45) is 0. The SMILES string of the molecule is CN(Cc1nc(NN)c2ccsc2n1)c1cccc(F)c1. The Kier molecular flexibility index (Phi) is 3.68. The first kappa shape index (κ1) is 13.7. The predicted molar refractivity (Wildman–Crippen MR) is 83.7 cm³/mol. The normalized spacial score (nSPS) is 10.8. The van der Waals surface area contributed by atoms with E-state index in [1.165, 1.54) is 23.5 Å². The molecule has 3 rings (SSSR count). The van der Waals surface area contributed by atoms with Crippen LogP contribution in [0.15, 0.2) is 35.7 Å². The molecule has 21 heavy (non-hydrogen) atoms. The summed E-state index contributed by atoms with van der Waals surface area (Å²) in [4.78, 5) is 11.7. The number of anilines is 2. The van der Waals surface area contributed by atoms with Crippen LogP contribution in [0.1, 0.15) is 5.82 Å². The molecule has 0 spiro atoms.